The standard InChI is InChI=1S/C16H19NO4/c1-20-14(18)8-5-10-17-16(19)13-9-11-21-15(13)12-6-3-2-4-7-12/h2-8,13,15H,9-11H2,1H3,(H,17,19)/b8-5+/t13-,15+/m1/s1. The average molecular weight is 289 g/mol. The van der Waals surface area contributed by atoms with Crippen molar-refractivity contribution in [3.8, 4) is 0 Å². The fourth-order valence-electron chi connectivity index (χ4n) is 2.34. The van der Waals surface area contributed by atoms with Crippen LogP contribution in [0.5, 0.6) is 0 Å². The van der Waals surface area contributed by atoms with Crippen molar-refractivity contribution in [2.75, 3.05) is 20.3 Å². The maximum atomic E-state index is 12.2. The Morgan fingerprint density at radius 1 is 1.38 bits per heavy atom. The second-order valence-electron chi connectivity index (χ2n) is 4.77. The third-order valence-corrected chi connectivity index (χ3v) is 3.41. The molecule has 1 aromatic rings. The third-order valence-electron chi connectivity index (χ3n) is 3.41. The first-order valence-corrected chi connectivity index (χ1v) is 6.91. The lowest BCUT2D eigenvalue weighted by Gasteiger charge is -2.18. The Morgan fingerprint density at radius 3 is 2.86 bits per heavy atom. The van der Waals surface area contributed by atoms with Crippen LogP contribution in [0, 0.1) is 5.92 Å². The number of nitrogens with one attached hydrogen (secondary N) is 1. The van der Waals surface area contributed by atoms with Gasteiger partial charge in [-0.05, 0) is 12.0 Å². The van der Waals surface area contributed by atoms with Gasteiger partial charge in [-0.3, -0.25) is 4.79 Å². The van der Waals surface area contributed by atoms with E-state index in [0.29, 0.717) is 19.6 Å². The van der Waals surface area contributed by atoms with Gasteiger partial charge >= 0.3 is 5.97 Å². The van der Waals surface area contributed by atoms with Gasteiger partial charge in [0.25, 0.3) is 0 Å². The summed E-state index contributed by atoms with van der Waals surface area (Å²) in [5, 5.41) is 2.79. The van der Waals surface area contributed by atoms with E-state index in [2.05, 4.69) is 10.1 Å². The van der Waals surface area contributed by atoms with E-state index in [1.165, 1.54) is 13.2 Å². The van der Waals surface area contributed by atoms with E-state index in [1.807, 2.05) is 30.3 Å². The second kappa shape index (κ2) is 7.59. The normalized spacial score (nSPS) is 21.4. The summed E-state index contributed by atoms with van der Waals surface area (Å²) < 4.78 is 10.2. The van der Waals surface area contributed by atoms with Gasteiger partial charge in [-0.2, -0.15) is 0 Å². The zero-order chi connectivity index (χ0) is 15.1. The van der Waals surface area contributed by atoms with Crippen LogP contribution >= 0.6 is 0 Å². The molecule has 112 valence electrons. The number of rotatable bonds is 5. The number of amides is 1. The van der Waals surface area contributed by atoms with Crippen molar-refractivity contribution < 1.29 is 19.1 Å². The van der Waals surface area contributed by atoms with Gasteiger partial charge in [0.05, 0.1) is 19.1 Å². The highest BCUT2D eigenvalue weighted by atomic mass is 16.5. The first-order chi connectivity index (χ1) is 10.2. The molecule has 1 fully saturated rings. The Kier molecular flexibility index (Phi) is 5.51. The first kappa shape index (κ1) is 15.3. The summed E-state index contributed by atoms with van der Waals surface area (Å²) >= 11 is 0. The zero-order valence-electron chi connectivity index (χ0n) is 12.0. The lowest BCUT2D eigenvalue weighted by Crippen LogP contribution is -2.32. The van der Waals surface area contributed by atoms with Crippen molar-refractivity contribution in [2.24, 2.45) is 5.92 Å². The van der Waals surface area contributed by atoms with Crippen LogP contribution in [0.2, 0.25) is 0 Å². The van der Waals surface area contributed by atoms with Crippen LogP contribution in [0.15, 0.2) is 42.5 Å². The van der Waals surface area contributed by atoms with Crippen LogP contribution in [-0.2, 0) is 19.1 Å². The Morgan fingerprint density at radius 2 is 2.14 bits per heavy atom. The Labute approximate surface area is 123 Å². The molecule has 0 aliphatic carbocycles. The predicted molar refractivity (Wildman–Crippen MR) is 77.4 cm³/mol. The minimum Gasteiger partial charge on any atom is -0.466 e. The van der Waals surface area contributed by atoms with Gasteiger partial charge in [-0.1, -0.05) is 36.4 Å². The summed E-state index contributed by atoms with van der Waals surface area (Å²) in [5.74, 6) is -0.689. The predicted octanol–water partition coefficient (Wildman–Crippen LogP) is 1.61. The zero-order valence-corrected chi connectivity index (χ0v) is 12.0. The minimum atomic E-state index is -0.435. The van der Waals surface area contributed by atoms with E-state index in [0.717, 1.165) is 5.56 Å². The van der Waals surface area contributed by atoms with Gasteiger partial charge in [0.1, 0.15) is 0 Å². The Balaban J connectivity index is 1.89. The molecule has 1 amide bonds. The van der Waals surface area contributed by atoms with E-state index < -0.39 is 5.97 Å². The van der Waals surface area contributed by atoms with Gasteiger partial charge in [0, 0.05) is 19.2 Å². The average Bonchev–Trinajstić information content (AvgIpc) is 3.01. The number of hydrogen-bond donors (Lipinski definition) is 1. The van der Waals surface area contributed by atoms with E-state index >= 15 is 0 Å². The Bertz CT molecular complexity index is 512. The fraction of sp³-hybridized carbons (Fsp3) is 0.375. The Hall–Kier alpha value is -2.14. The van der Waals surface area contributed by atoms with Crippen molar-refractivity contribution in [2.45, 2.75) is 12.5 Å². The summed E-state index contributed by atoms with van der Waals surface area (Å²) in [6, 6.07) is 9.74. The number of carbonyl (C=O) groups is 2. The molecule has 0 saturated carbocycles. The van der Waals surface area contributed by atoms with Crippen molar-refractivity contribution in [1.29, 1.82) is 0 Å². The molecular formula is C16H19NO4. The largest absolute Gasteiger partial charge is 0.466 e. The molecule has 0 spiro atoms. The molecule has 1 aromatic carbocycles. The summed E-state index contributed by atoms with van der Waals surface area (Å²) in [7, 11) is 1.31. The van der Waals surface area contributed by atoms with Gasteiger partial charge in [-0.25, -0.2) is 4.79 Å². The highest BCUT2D eigenvalue weighted by molar-refractivity contribution is 5.82. The fourth-order valence-corrected chi connectivity index (χ4v) is 2.34. The summed E-state index contributed by atoms with van der Waals surface area (Å²) in [6.07, 6.45) is 3.36. The number of benzene rings is 1. The quantitative estimate of drug-likeness (QED) is 0.660. The topological polar surface area (TPSA) is 64.6 Å². The van der Waals surface area contributed by atoms with Gasteiger partial charge in [-0.15, -0.1) is 0 Å². The summed E-state index contributed by atoms with van der Waals surface area (Å²) in [6.45, 7) is 0.877. The molecule has 0 aromatic heterocycles. The van der Waals surface area contributed by atoms with Crippen LogP contribution in [0.3, 0.4) is 0 Å². The lowest BCUT2D eigenvalue weighted by molar-refractivity contribution is -0.135. The second-order valence-corrected chi connectivity index (χ2v) is 4.77. The van der Waals surface area contributed by atoms with Crippen molar-refractivity contribution in [1.82, 2.24) is 5.32 Å². The van der Waals surface area contributed by atoms with Gasteiger partial charge in [0.15, 0.2) is 0 Å². The maximum absolute atomic E-state index is 12.2. The number of methoxy groups -OCH3 is 1. The van der Waals surface area contributed by atoms with E-state index in [1.54, 1.807) is 6.08 Å². The van der Waals surface area contributed by atoms with Crippen molar-refractivity contribution in [3.63, 3.8) is 0 Å². The lowest BCUT2D eigenvalue weighted by atomic mass is 9.94. The van der Waals surface area contributed by atoms with Crippen LogP contribution in [0.1, 0.15) is 18.1 Å². The number of ether oxygens (including phenoxy) is 2. The summed E-state index contributed by atoms with van der Waals surface area (Å²) in [4.78, 5) is 23.1. The molecule has 5 nitrogen and oxygen atoms in total. The number of carbonyl (C=O) groups excluding carboxylic acids is 2. The molecule has 1 N–H and O–H groups in total. The van der Waals surface area contributed by atoms with E-state index in [-0.39, 0.29) is 17.9 Å². The van der Waals surface area contributed by atoms with Crippen LogP contribution in [0.4, 0.5) is 0 Å². The molecule has 1 aliphatic rings. The van der Waals surface area contributed by atoms with Crippen molar-refractivity contribution in [3.05, 3.63) is 48.0 Å². The van der Waals surface area contributed by atoms with Gasteiger partial charge in [0.2, 0.25) is 5.91 Å². The van der Waals surface area contributed by atoms with Crippen LogP contribution in [-0.4, -0.2) is 32.1 Å². The molecule has 0 unspecified atom stereocenters. The molecular weight excluding hydrogens is 270 g/mol. The molecule has 2 rings (SSSR count). The molecule has 1 heterocycles. The van der Waals surface area contributed by atoms with Crippen LogP contribution in [0.25, 0.3) is 0 Å². The smallest absolute Gasteiger partial charge is 0.330 e. The SMILES string of the molecule is COC(=O)/C=C/CNC(=O)[C@@H]1CCO[C@H]1c1ccccc1. The number of esters is 1. The molecule has 5 heteroatoms. The number of hydrogen-bond acceptors (Lipinski definition) is 4. The molecule has 2 atom stereocenters. The highest BCUT2D eigenvalue weighted by Crippen LogP contribution is 2.34. The third kappa shape index (κ3) is 4.16. The molecule has 1 aliphatic heterocycles. The van der Waals surface area contributed by atoms with E-state index in [4.69, 9.17) is 4.74 Å². The molecule has 0 bridgehead atoms. The van der Waals surface area contributed by atoms with Gasteiger partial charge < -0.3 is 14.8 Å². The summed E-state index contributed by atoms with van der Waals surface area (Å²) in [5.41, 5.74) is 1.01. The van der Waals surface area contributed by atoms with Crippen molar-refractivity contribution >= 4 is 11.9 Å². The molecule has 1 saturated heterocycles. The molecule has 0 radical (unpaired) electrons. The monoisotopic (exact) mass is 289 g/mol. The first-order valence-electron chi connectivity index (χ1n) is 6.91. The van der Waals surface area contributed by atoms with E-state index in [9.17, 15) is 9.59 Å². The van der Waals surface area contributed by atoms with Crippen LogP contribution < -0.4 is 5.32 Å². The molecule has 21 heavy (non-hydrogen) atoms. The highest BCUT2D eigenvalue weighted by Gasteiger charge is 2.34. The minimum absolute atomic E-state index is 0.0594. The maximum Gasteiger partial charge on any atom is 0.330 e.